The Hall–Kier alpha value is -2.16. The van der Waals surface area contributed by atoms with E-state index in [1.165, 1.54) is 12.1 Å². The summed E-state index contributed by atoms with van der Waals surface area (Å²) in [6, 6.07) is 5.79. The minimum Gasteiger partial charge on any atom is -0.366 e. The van der Waals surface area contributed by atoms with Crippen molar-refractivity contribution < 1.29 is 9.31 Å². The van der Waals surface area contributed by atoms with Gasteiger partial charge in [-0.25, -0.2) is 4.39 Å². The van der Waals surface area contributed by atoms with Gasteiger partial charge in [-0.1, -0.05) is 0 Å². The van der Waals surface area contributed by atoms with Crippen LogP contribution in [0.15, 0.2) is 18.2 Å². The average molecular weight is 249 g/mol. The van der Waals surface area contributed by atoms with E-state index in [2.05, 4.69) is 6.07 Å². The summed E-state index contributed by atoms with van der Waals surface area (Å²) in [4.78, 5) is 12.2. The first kappa shape index (κ1) is 12.3. The lowest BCUT2D eigenvalue weighted by Crippen LogP contribution is -2.33. The summed E-state index contributed by atoms with van der Waals surface area (Å²) < 4.78 is 13.0. The normalized spacial score (nSPS) is 16.3. The van der Waals surface area contributed by atoms with Crippen molar-refractivity contribution in [2.24, 2.45) is 5.92 Å². The van der Waals surface area contributed by atoms with Gasteiger partial charge in [-0.05, 0) is 25.0 Å². The number of benzene rings is 1. The number of anilines is 1. The highest BCUT2D eigenvalue weighted by atomic mass is 19.1. The maximum atomic E-state index is 13.0. The first-order valence-corrected chi connectivity index (χ1v) is 5.70. The highest BCUT2D eigenvalue weighted by molar-refractivity contribution is 5.63. The Morgan fingerprint density at radius 3 is 2.67 bits per heavy atom. The van der Waals surface area contributed by atoms with Crippen molar-refractivity contribution in [2.75, 3.05) is 18.0 Å². The Balaban J connectivity index is 2.24. The molecule has 0 radical (unpaired) electrons. The molecule has 1 saturated heterocycles. The van der Waals surface area contributed by atoms with Gasteiger partial charge in [0.25, 0.3) is 5.69 Å². The van der Waals surface area contributed by atoms with Crippen molar-refractivity contribution in [3.63, 3.8) is 0 Å². The fraction of sp³-hybridized carbons (Fsp3) is 0.417. The number of nitro benzene ring substituents is 1. The predicted molar refractivity (Wildman–Crippen MR) is 63.6 cm³/mol. The Kier molecular flexibility index (Phi) is 3.42. The number of hydrogen-bond acceptors (Lipinski definition) is 4. The molecule has 5 nitrogen and oxygen atoms in total. The summed E-state index contributed by atoms with van der Waals surface area (Å²) in [6.07, 6.45) is 1.37. The van der Waals surface area contributed by atoms with Gasteiger partial charge < -0.3 is 4.90 Å². The summed E-state index contributed by atoms with van der Waals surface area (Å²) in [5.41, 5.74) is 0.211. The minimum atomic E-state index is -0.614. The fourth-order valence-corrected chi connectivity index (χ4v) is 2.16. The topological polar surface area (TPSA) is 70.2 Å². The van der Waals surface area contributed by atoms with Crippen LogP contribution in [0.5, 0.6) is 0 Å². The number of nitrogens with zero attached hydrogens (tertiary/aromatic N) is 3. The van der Waals surface area contributed by atoms with Gasteiger partial charge in [-0.2, -0.15) is 5.26 Å². The van der Waals surface area contributed by atoms with Gasteiger partial charge >= 0.3 is 0 Å². The largest absolute Gasteiger partial charge is 0.366 e. The van der Waals surface area contributed by atoms with Gasteiger partial charge in [0, 0.05) is 19.0 Å². The number of piperidine rings is 1. The zero-order chi connectivity index (χ0) is 13.1. The van der Waals surface area contributed by atoms with Crippen LogP contribution in [-0.4, -0.2) is 18.0 Å². The fourth-order valence-electron chi connectivity index (χ4n) is 2.16. The third-order valence-corrected chi connectivity index (χ3v) is 3.15. The standard InChI is InChI=1S/C12H12FN3O2/c13-10-1-2-11(12(7-10)16(17)18)15-5-3-9(8-14)4-6-15/h1-2,7,9H,3-6H2. The Morgan fingerprint density at radius 1 is 1.44 bits per heavy atom. The molecule has 6 heteroatoms. The van der Waals surface area contributed by atoms with Crippen molar-refractivity contribution in [1.82, 2.24) is 0 Å². The van der Waals surface area contributed by atoms with Gasteiger partial charge in [-0.3, -0.25) is 10.1 Å². The molecule has 0 spiro atoms. The van der Waals surface area contributed by atoms with Gasteiger partial charge in [-0.15, -0.1) is 0 Å². The second-order valence-corrected chi connectivity index (χ2v) is 4.28. The van der Waals surface area contributed by atoms with Gasteiger partial charge in [0.1, 0.15) is 11.5 Å². The molecule has 1 fully saturated rings. The molecule has 1 aliphatic heterocycles. The summed E-state index contributed by atoms with van der Waals surface area (Å²) in [5, 5.41) is 19.7. The molecule has 0 N–H and O–H groups in total. The van der Waals surface area contributed by atoms with E-state index >= 15 is 0 Å². The third-order valence-electron chi connectivity index (χ3n) is 3.15. The van der Waals surface area contributed by atoms with Crippen LogP contribution in [0.4, 0.5) is 15.8 Å². The molecule has 0 aromatic heterocycles. The second-order valence-electron chi connectivity index (χ2n) is 4.28. The predicted octanol–water partition coefficient (Wildman–Crippen LogP) is 2.47. The molecule has 0 saturated carbocycles. The van der Waals surface area contributed by atoms with Crippen molar-refractivity contribution in [3.05, 3.63) is 34.1 Å². The molecule has 0 atom stereocenters. The first-order valence-electron chi connectivity index (χ1n) is 5.70. The lowest BCUT2D eigenvalue weighted by Gasteiger charge is -2.30. The van der Waals surface area contributed by atoms with E-state index in [1.54, 1.807) is 0 Å². The van der Waals surface area contributed by atoms with Crippen LogP contribution in [-0.2, 0) is 0 Å². The molecule has 94 valence electrons. The molecule has 18 heavy (non-hydrogen) atoms. The summed E-state index contributed by atoms with van der Waals surface area (Å²) >= 11 is 0. The number of halogens is 1. The van der Waals surface area contributed by atoms with E-state index < -0.39 is 10.7 Å². The molecule has 1 aromatic rings. The molecule has 0 unspecified atom stereocenters. The Labute approximate surface area is 104 Å². The van der Waals surface area contributed by atoms with E-state index in [-0.39, 0.29) is 11.6 Å². The van der Waals surface area contributed by atoms with Crippen molar-refractivity contribution in [1.29, 1.82) is 5.26 Å². The second kappa shape index (κ2) is 5.00. The average Bonchev–Trinajstić information content (AvgIpc) is 2.39. The minimum absolute atomic E-state index is 0.0146. The van der Waals surface area contributed by atoms with Gasteiger partial charge in [0.15, 0.2) is 0 Å². The van der Waals surface area contributed by atoms with E-state index in [1.807, 2.05) is 4.90 Å². The molecule has 0 amide bonds. The molecular weight excluding hydrogens is 237 g/mol. The smallest absolute Gasteiger partial charge is 0.295 e. The molecule has 1 aromatic carbocycles. The van der Waals surface area contributed by atoms with E-state index in [0.717, 1.165) is 6.07 Å². The van der Waals surface area contributed by atoms with Crippen LogP contribution in [0.25, 0.3) is 0 Å². The Bertz CT molecular complexity index is 505. The highest BCUT2D eigenvalue weighted by Crippen LogP contribution is 2.31. The van der Waals surface area contributed by atoms with Crippen LogP contribution in [0.3, 0.4) is 0 Å². The maximum Gasteiger partial charge on any atom is 0.295 e. The van der Waals surface area contributed by atoms with Gasteiger partial charge in [0.2, 0.25) is 0 Å². The third kappa shape index (κ3) is 2.40. The number of nitro groups is 1. The lowest BCUT2D eigenvalue weighted by atomic mass is 9.98. The maximum absolute atomic E-state index is 13.0. The lowest BCUT2D eigenvalue weighted by molar-refractivity contribution is -0.384. The molecule has 0 aliphatic carbocycles. The zero-order valence-electron chi connectivity index (χ0n) is 9.67. The van der Waals surface area contributed by atoms with Gasteiger partial charge in [0.05, 0.1) is 17.1 Å². The summed E-state index contributed by atoms with van der Waals surface area (Å²) in [5.74, 6) is -0.599. The summed E-state index contributed by atoms with van der Waals surface area (Å²) in [7, 11) is 0. The van der Waals surface area contributed by atoms with Crippen molar-refractivity contribution in [2.45, 2.75) is 12.8 Å². The van der Waals surface area contributed by atoms with Crippen molar-refractivity contribution in [3.8, 4) is 6.07 Å². The van der Waals surface area contributed by atoms with Crippen molar-refractivity contribution >= 4 is 11.4 Å². The molecule has 1 heterocycles. The van der Waals surface area contributed by atoms with Crippen LogP contribution in [0, 0.1) is 33.2 Å². The van der Waals surface area contributed by atoms with E-state index in [0.29, 0.717) is 31.6 Å². The first-order chi connectivity index (χ1) is 8.61. The summed E-state index contributed by atoms with van der Waals surface area (Å²) in [6.45, 7) is 1.18. The molecular formula is C12H12FN3O2. The Morgan fingerprint density at radius 2 is 2.11 bits per heavy atom. The van der Waals surface area contributed by atoms with Crippen LogP contribution in [0.2, 0.25) is 0 Å². The SMILES string of the molecule is N#CC1CCN(c2ccc(F)cc2[N+](=O)[O-])CC1. The number of hydrogen-bond donors (Lipinski definition) is 0. The van der Waals surface area contributed by atoms with Crippen LogP contribution in [0.1, 0.15) is 12.8 Å². The molecule has 2 rings (SSSR count). The van der Waals surface area contributed by atoms with Crippen LogP contribution >= 0.6 is 0 Å². The highest BCUT2D eigenvalue weighted by Gasteiger charge is 2.24. The van der Waals surface area contributed by atoms with Crippen LogP contribution < -0.4 is 4.90 Å². The zero-order valence-corrected chi connectivity index (χ0v) is 9.67. The molecule has 1 aliphatic rings. The molecule has 0 bridgehead atoms. The number of rotatable bonds is 2. The number of nitriles is 1. The monoisotopic (exact) mass is 249 g/mol. The van der Waals surface area contributed by atoms with E-state index in [9.17, 15) is 14.5 Å². The van der Waals surface area contributed by atoms with E-state index in [4.69, 9.17) is 5.26 Å². The quantitative estimate of drug-likeness (QED) is 0.596.